The highest BCUT2D eigenvalue weighted by molar-refractivity contribution is 9.10. The van der Waals surface area contributed by atoms with Gasteiger partial charge in [-0.2, -0.15) is 0 Å². The number of anilines is 1. The number of benzene rings is 3. The van der Waals surface area contributed by atoms with Crippen LogP contribution < -0.4 is 10.1 Å². The Hall–Kier alpha value is -3.47. The van der Waals surface area contributed by atoms with Gasteiger partial charge in [-0.05, 0) is 79.4 Å². The van der Waals surface area contributed by atoms with Crippen molar-refractivity contribution in [2.75, 3.05) is 38.2 Å². The Labute approximate surface area is 248 Å². The molecule has 3 aromatic carbocycles. The van der Waals surface area contributed by atoms with Gasteiger partial charge >= 0.3 is 12.0 Å². The third-order valence-corrected chi connectivity index (χ3v) is 6.68. The van der Waals surface area contributed by atoms with Crippen LogP contribution in [-0.2, 0) is 27.3 Å². The van der Waals surface area contributed by atoms with Crippen LogP contribution in [0.2, 0.25) is 0 Å². The molecule has 0 aliphatic heterocycles. The minimum atomic E-state index is -0.992. The van der Waals surface area contributed by atoms with Crippen LogP contribution in [0.25, 0.3) is 0 Å². The number of carbonyl (C=O) groups is 2. The third kappa shape index (κ3) is 11.9. The van der Waals surface area contributed by atoms with E-state index in [4.69, 9.17) is 14.2 Å². The quantitative estimate of drug-likeness (QED) is 0.165. The normalized spacial score (nSPS) is 11.6. The van der Waals surface area contributed by atoms with Gasteiger partial charge in [0.05, 0.1) is 13.2 Å². The van der Waals surface area contributed by atoms with Gasteiger partial charge in [0.2, 0.25) is 0 Å². The van der Waals surface area contributed by atoms with Crippen LogP contribution >= 0.6 is 15.9 Å². The fourth-order valence-corrected chi connectivity index (χ4v) is 4.22. The lowest BCUT2D eigenvalue weighted by Crippen LogP contribution is -2.38. The zero-order chi connectivity index (χ0) is 29.5. The highest BCUT2D eigenvalue weighted by Crippen LogP contribution is 2.17. The lowest BCUT2D eigenvalue weighted by Gasteiger charge is -2.23. The van der Waals surface area contributed by atoms with Crippen molar-refractivity contribution < 1.29 is 33.3 Å². The van der Waals surface area contributed by atoms with Crippen molar-refractivity contribution in [3.63, 3.8) is 0 Å². The number of nitrogens with one attached hydrogen (secondary N) is 1. The largest absolute Gasteiger partial charge is 0.492 e. The second kappa shape index (κ2) is 17.4. The number of carboxylic acids is 1. The molecule has 0 spiro atoms. The highest BCUT2D eigenvalue weighted by Gasteiger charge is 2.18. The molecule has 3 rings (SSSR count). The molecule has 10 heteroatoms. The summed E-state index contributed by atoms with van der Waals surface area (Å²) in [5, 5.41) is 12.2. The van der Waals surface area contributed by atoms with Crippen LogP contribution in [0.4, 0.5) is 14.9 Å². The molecule has 0 saturated heterocycles. The summed E-state index contributed by atoms with van der Waals surface area (Å²) < 4.78 is 30.8. The van der Waals surface area contributed by atoms with Gasteiger partial charge in [-0.1, -0.05) is 40.2 Å². The summed E-state index contributed by atoms with van der Waals surface area (Å²) in [6.07, 6.45) is 0.861. The molecule has 0 bridgehead atoms. The molecular weight excluding hydrogens is 595 g/mol. The first-order valence-corrected chi connectivity index (χ1v) is 14.3. The maximum absolute atomic E-state index is 13.1. The number of amides is 2. The van der Waals surface area contributed by atoms with E-state index in [2.05, 4.69) is 21.2 Å². The molecule has 1 atom stereocenters. The Morgan fingerprint density at radius 3 is 2.27 bits per heavy atom. The number of nitrogens with zero attached hydrogens (tertiary/aromatic N) is 1. The number of carbonyl (C=O) groups excluding carboxylic acids is 1. The molecule has 8 nitrogen and oxygen atoms in total. The SMILES string of the molecule is CCOC(Cc1ccc(OCCN(CCCCOCc2ccc(F)cc2)C(=O)Nc2ccc(Br)cc2)cc1)C(=O)O. The number of urea groups is 1. The van der Waals surface area contributed by atoms with Gasteiger partial charge in [0, 0.05) is 36.3 Å². The van der Waals surface area contributed by atoms with Crippen LogP contribution in [0.1, 0.15) is 30.9 Å². The van der Waals surface area contributed by atoms with Crippen LogP contribution in [0.3, 0.4) is 0 Å². The van der Waals surface area contributed by atoms with E-state index in [0.717, 1.165) is 28.4 Å². The van der Waals surface area contributed by atoms with Crippen molar-refractivity contribution >= 4 is 33.6 Å². The Bertz CT molecular complexity index is 1210. The van der Waals surface area contributed by atoms with Crippen LogP contribution in [0.5, 0.6) is 5.75 Å². The maximum Gasteiger partial charge on any atom is 0.333 e. The zero-order valence-electron chi connectivity index (χ0n) is 23.1. The lowest BCUT2D eigenvalue weighted by molar-refractivity contribution is -0.149. The van der Waals surface area contributed by atoms with Gasteiger partial charge in [-0.3, -0.25) is 0 Å². The fourth-order valence-electron chi connectivity index (χ4n) is 3.96. The van der Waals surface area contributed by atoms with E-state index in [1.165, 1.54) is 12.1 Å². The number of aliphatic carboxylic acids is 1. The first kappa shape index (κ1) is 32.0. The van der Waals surface area contributed by atoms with Crippen LogP contribution in [0.15, 0.2) is 77.3 Å². The highest BCUT2D eigenvalue weighted by atomic mass is 79.9. The van der Waals surface area contributed by atoms with E-state index in [9.17, 15) is 19.1 Å². The van der Waals surface area contributed by atoms with Crippen molar-refractivity contribution in [1.82, 2.24) is 4.90 Å². The number of rotatable bonds is 17. The molecule has 0 fully saturated rings. The molecule has 2 amide bonds. The molecule has 0 aliphatic rings. The molecular formula is C31H36BrFN2O6. The second-order valence-electron chi connectivity index (χ2n) is 9.29. The molecule has 0 aromatic heterocycles. The Morgan fingerprint density at radius 2 is 1.61 bits per heavy atom. The molecule has 220 valence electrons. The number of ether oxygens (including phenoxy) is 3. The van der Waals surface area contributed by atoms with E-state index in [-0.39, 0.29) is 24.9 Å². The van der Waals surface area contributed by atoms with Crippen molar-refractivity contribution in [2.45, 2.75) is 38.9 Å². The summed E-state index contributed by atoms with van der Waals surface area (Å²) >= 11 is 3.40. The molecule has 41 heavy (non-hydrogen) atoms. The minimum Gasteiger partial charge on any atom is -0.492 e. The minimum absolute atomic E-state index is 0.228. The van der Waals surface area contributed by atoms with E-state index in [1.807, 2.05) is 36.4 Å². The standard InChI is InChI=1S/C31H36BrFN2O6/c1-2-40-29(30(36)37)21-23-7-15-28(16-8-23)41-20-18-35(31(38)34-27-13-9-25(32)10-14-27)17-3-4-19-39-22-24-5-11-26(33)12-6-24/h5-16,29H,2-4,17-22H2,1H3,(H,34,38)(H,36,37). The molecule has 0 heterocycles. The molecule has 0 aliphatic carbocycles. The van der Waals surface area contributed by atoms with E-state index in [1.54, 1.807) is 36.1 Å². The topological polar surface area (TPSA) is 97.3 Å². The van der Waals surface area contributed by atoms with Crippen molar-refractivity contribution in [1.29, 1.82) is 0 Å². The summed E-state index contributed by atoms with van der Waals surface area (Å²) in [4.78, 5) is 26.1. The van der Waals surface area contributed by atoms with Gasteiger partial charge in [0.25, 0.3) is 0 Å². The number of hydrogen-bond acceptors (Lipinski definition) is 5. The smallest absolute Gasteiger partial charge is 0.333 e. The molecule has 2 N–H and O–H groups in total. The Morgan fingerprint density at radius 1 is 0.927 bits per heavy atom. The van der Waals surface area contributed by atoms with E-state index < -0.39 is 12.1 Å². The number of carboxylic acid groups (broad SMARTS) is 1. The summed E-state index contributed by atoms with van der Waals surface area (Å²) in [5.74, 6) is -0.643. The first-order valence-electron chi connectivity index (χ1n) is 13.5. The van der Waals surface area contributed by atoms with Gasteiger partial charge in [0.15, 0.2) is 6.10 Å². The fraction of sp³-hybridized carbons (Fsp3) is 0.355. The van der Waals surface area contributed by atoms with E-state index >= 15 is 0 Å². The lowest BCUT2D eigenvalue weighted by atomic mass is 10.1. The second-order valence-corrected chi connectivity index (χ2v) is 10.2. The summed E-state index contributed by atoms with van der Waals surface area (Å²) in [7, 11) is 0. The van der Waals surface area contributed by atoms with Crippen LogP contribution in [-0.4, -0.2) is 61.0 Å². The number of hydrogen-bond donors (Lipinski definition) is 2. The summed E-state index contributed by atoms with van der Waals surface area (Å²) in [6.45, 7) is 4.18. The Balaban J connectivity index is 1.48. The molecule has 0 saturated carbocycles. The predicted molar refractivity (Wildman–Crippen MR) is 159 cm³/mol. The van der Waals surface area contributed by atoms with E-state index in [0.29, 0.717) is 44.3 Å². The van der Waals surface area contributed by atoms with Crippen LogP contribution in [0, 0.1) is 5.82 Å². The predicted octanol–water partition coefficient (Wildman–Crippen LogP) is 6.53. The monoisotopic (exact) mass is 630 g/mol. The zero-order valence-corrected chi connectivity index (χ0v) is 24.6. The van der Waals surface area contributed by atoms with Gasteiger partial charge in [-0.25, -0.2) is 14.0 Å². The molecule has 0 radical (unpaired) electrons. The third-order valence-electron chi connectivity index (χ3n) is 6.15. The molecule has 3 aromatic rings. The summed E-state index contributed by atoms with van der Waals surface area (Å²) in [5.41, 5.74) is 2.42. The average molecular weight is 632 g/mol. The van der Waals surface area contributed by atoms with Crippen molar-refractivity contribution in [3.05, 3.63) is 94.2 Å². The maximum atomic E-state index is 13.1. The van der Waals surface area contributed by atoms with Gasteiger partial charge in [0.1, 0.15) is 18.2 Å². The molecule has 1 unspecified atom stereocenters. The Kier molecular flexibility index (Phi) is 13.6. The number of halogens is 2. The average Bonchev–Trinajstić information content (AvgIpc) is 2.96. The summed E-state index contributed by atoms with van der Waals surface area (Å²) in [6, 6.07) is 20.5. The number of unbranched alkanes of at least 4 members (excludes halogenated alkanes) is 1. The van der Waals surface area contributed by atoms with Crippen molar-refractivity contribution in [3.8, 4) is 5.75 Å². The van der Waals surface area contributed by atoms with Gasteiger partial charge in [-0.15, -0.1) is 0 Å². The van der Waals surface area contributed by atoms with Gasteiger partial charge < -0.3 is 29.5 Å². The van der Waals surface area contributed by atoms with Crippen molar-refractivity contribution in [2.24, 2.45) is 0 Å². The first-order chi connectivity index (χ1) is 19.8.